The van der Waals surface area contributed by atoms with Crippen LogP contribution in [0.5, 0.6) is 17.2 Å². The number of ether oxygens (including phenoxy) is 3. The van der Waals surface area contributed by atoms with E-state index in [1.54, 1.807) is 19.1 Å². The highest BCUT2D eigenvalue weighted by Crippen LogP contribution is 2.39. The SMILES string of the molecule is C#Cc1cc(C(C)(C)c2ccc(OCC(/C=C\C)=N/C(=C)SC)cc2)cc(Cl)c1OCCC(F)(F)CCOc1cc2c(cc1F)C(=O)N(C(CCC(=O)CC)C(C)=O)C2. The second kappa shape index (κ2) is 20.8. The molecule has 8 nitrogen and oxygen atoms in total. The Balaban J connectivity index is 1.34. The number of halogens is 4. The molecule has 59 heavy (non-hydrogen) atoms. The van der Waals surface area contributed by atoms with Crippen molar-refractivity contribution in [1.29, 1.82) is 0 Å². The van der Waals surface area contributed by atoms with Gasteiger partial charge in [0, 0.05) is 43.2 Å². The molecule has 4 rings (SSSR count). The monoisotopic (exact) mass is 850 g/mol. The maximum atomic E-state index is 15.0. The number of hydrogen-bond donors (Lipinski definition) is 0. The van der Waals surface area contributed by atoms with Crippen LogP contribution in [0.1, 0.15) is 99.3 Å². The van der Waals surface area contributed by atoms with Crippen molar-refractivity contribution in [2.75, 3.05) is 26.1 Å². The van der Waals surface area contributed by atoms with Crippen LogP contribution in [-0.2, 0) is 21.5 Å². The second-order valence-electron chi connectivity index (χ2n) is 14.6. The summed E-state index contributed by atoms with van der Waals surface area (Å²) in [6.45, 7) is 12.2. The summed E-state index contributed by atoms with van der Waals surface area (Å²) in [6, 6.07) is 12.5. The number of ketones is 2. The average Bonchev–Trinajstić information content (AvgIpc) is 3.50. The number of Topliss-reactive ketones (excluding diaryl/α,β-unsaturated/α-hetero) is 2. The van der Waals surface area contributed by atoms with Gasteiger partial charge in [-0.25, -0.2) is 18.2 Å². The van der Waals surface area contributed by atoms with Crippen LogP contribution >= 0.6 is 23.4 Å². The van der Waals surface area contributed by atoms with E-state index >= 15 is 8.78 Å². The van der Waals surface area contributed by atoms with Gasteiger partial charge in [0.1, 0.15) is 18.1 Å². The van der Waals surface area contributed by atoms with Crippen LogP contribution in [0.3, 0.4) is 0 Å². The van der Waals surface area contributed by atoms with Gasteiger partial charge in [-0.3, -0.25) is 14.4 Å². The van der Waals surface area contributed by atoms with Crippen LogP contribution in [-0.4, -0.2) is 66.1 Å². The number of fused-ring (bicyclic) bond motifs is 1. The highest BCUT2D eigenvalue weighted by molar-refractivity contribution is 8.02. The first kappa shape index (κ1) is 46.7. The van der Waals surface area contributed by atoms with Gasteiger partial charge >= 0.3 is 0 Å². The number of benzene rings is 3. The average molecular weight is 851 g/mol. The van der Waals surface area contributed by atoms with Crippen LogP contribution in [0, 0.1) is 18.2 Å². The third-order valence-electron chi connectivity index (χ3n) is 10.1. The molecule has 1 amide bonds. The first-order valence-corrected chi connectivity index (χ1v) is 20.8. The highest BCUT2D eigenvalue weighted by Gasteiger charge is 2.36. The quantitative estimate of drug-likeness (QED) is 0.0734. The van der Waals surface area contributed by atoms with E-state index in [0.29, 0.717) is 28.3 Å². The summed E-state index contributed by atoms with van der Waals surface area (Å²) >= 11 is 8.11. The van der Waals surface area contributed by atoms with Crippen LogP contribution < -0.4 is 14.2 Å². The summed E-state index contributed by atoms with van der Waals surface area (Å²) in [7, 11) is 0. The van der Waals surface area contributed by atoms with Crippen LogP contribution in [0.15, 0.2) is 77.3 Å². The Morgan fingerprint density at radius 1 is 1.08 bits per heavy atom. The number of rotatable bonds is 22. The van der Waals surface area contributed by atoms with E-state index in [-0.39, 0.29) is 59.6 Å². The minimum absolute atomic E-state index is 0.00297. The summed E-state index contributed by atoms with van der Waals surface area (Å²) in [5.74, 6) is -1.98. The first-order chi connectivity index (χ1) is 27.9. The molecule has 1 heterocycles. The molecule has 0 spiro atoms. The Hall–Kier alpha value is -4.99. The van der Waals surface area contributed by atoms with Crippen molar-refractivity contribution in [1.82, 2.24) is 4.90 Å². The number of hydrogen-bond acceptors (Lipinski definition) is 8. The molecule has 13 heteroatoms. The fraction of sp³-hybridized carbons (Fsp3) is 0.391. The van der Waals surface area contributed by atoms with Crippen LogP contribution in [0.4, 0.5) is 13.2 Å². The molecule has 0 aliphatic carbocycles. The van der Waals surface area contributed by atoms with Gasteiger partial charge < -0.3 is 19.1 Å². The summed E-state index contributed by atoms with van der Waals surface area (Å²) in [4.78, 5) is 43.1. The highest BCUT2D eigenvalue weighted by atomic mass is 35.5. The third kappa shape index (κ3) is 12.3. The predicted octanol–water partition coefficient (Wildman–Crippen LogP) is 10.6. The van der Waals surface area contributed by atoms with Gasteiger partial charge in [-0.15, -0.1) is 18.2 Å². The summed E-state index contributed by atoms with van der Waals surface area (Å²) in [6.07, 6.45) is 10.7. The Kier molecular flexibility index (Phi) is 16.5. The van der Waals surface area contributed by atoms with Gasteiger partial charge in [-0.05, 0) is 85.7 Å². The lowest BCUT2D eigenvalue weighted by atomic mass is 9.77. The molecule has 0 aromatic heterocycles. The minimum atomic E-state index is -3.25. The van der Waals surface area contributed by atoms with Crippen molar-refractivity contribution in [3.8, 4) is 29.6 Å². The normalized spacial score (nSPS) is 13.6. The van der Waals surface area contributed by atoms with E-state index in [9.17, 15) is 18.8 Å². The molecule has 3 aromatic carbocycles. The molecular weight excluding hydrogens is 801 g/mol. The number of carbonyl (C=O) groups excluding carboxylic acids is 3. The molecule has 0 N–H and O–H groups in total. The molecule has 1 atom stereocenters. The summed E-state index contributed by atoms with van der Waals surface area (Å²) < 4.78 is 62.2. The summed E-state index contributed by atoms with van der Waals surface area (Å²) in [5.41, 5.74) is 2.68. The lowest BCUT2D eigenvalue weighted by Crippen LogP contribution is -2.40. The van der Waals surface area contributed by atoms with Gasteiger partial charge in [0.05, 0.1) is 40.6 Å². The Labute approximate surface area is 354 Å². The van der Waals surface area contributed by atoms with Crippen molar-refractivity contribution in [2.24, 2.45) is 4.99 Å². The molecule has 1 aliphatic rings. The lowest BCUT2D eigenvalue weighted by molar-refractivity contribution is -0.122. The molecule has 314 valence electrons. The largest absolute Gasteiger partial charge is 0.490 e. The molecule has 0 bridgehead atoms. The van der Waals surface area contributed by atoms with Gasteiger partial charge in [0.25, 0.3) is 11.8 Å². The van der Waals surface area contributed by atoms with Crippen molar-refractivity contribution >= 4 is 46.5 Å². The predicted molar refractivity (Wildman–Crippen MR) is 229 cm³/mol. The molecule has 1 unspecified atom stereocenters. The molecule has 0 saturated heterocycles. The van der Waals surface area contributed by atoms with Gasteiger partial charge in [-0.2, -0.15) is 0 Å². The Morgan fingerprint density at radius 2 is 1.76 bits per heavy atom. The van der Waals surface area contributed by atoms with E-state index in [1.165, 1.54) is 29.7 Å². The molecule has 0 fully saturated rings. The zero-order valence-electron chi connectivity index (χ0n) is 34.3. The minimum Gasteiger partial charge on any atom is -0.490 e. The Morgan fingerprint density at radius 3 is 2.37 bits per heavy atom. The first-order valence-electron chi connectivity index (χ1n) is 19.2. The number of alkyl halides is 2. The molecule has 3 aromatic rings. The zero-order chi connectivity index (χ0) is 43.5. The maximum absolute atomic E-state index is 15.0. The molecule has 0 saturated carbocycles. The molecule has 1 aliphatic heterocycles. The van der Waals surface area contributed by atoms with Gasteiger partial charge in [0.15, 0.2) is 23.1 Å². The number of aliphatic imine (C=N–C) groups is 1. The number of thioether (sulfide) groups is 1. The van der Waals surface area contributed by atoms with E-state index < -0.39 is 55.2 Å². The van der Waals surface area contributed by atoms with Crippen molar-refractivity contribution in [3.63, 3.8) is 0 Å². The third-order valence-corrected chi connectivity index (χ3v) is 11.0. The standard InChI is InChI=1S/C46H50ClF3N2O6S/c1-9-12-35(51-30(5)59-8)28-58-37-16-13-33(14-17-37)45(6,7)34-23-31(10-2)43(39(47)25-34)57-22-20-46(49,50)19-21-56-42-24-32-27-52(44(55)38(32)26-40(42)48)41(29(4)53)18-15-36(54)11-3/h2,9,12-14,16-17,23-26,41H,5,11,15,18-22,27-28H2,1,3-4,6-8H3/b12-9-,51-35+. The number of allylic oxidation sites excluding steroid dienone is 1. The van der Waals surface area contributed by atoms with E-state index in [1.807, 2.05) is 63.4 Å². The van der Waals surface area contributed by atoms with E-state index in [2.05, 4.69) is 17.5 Å². The van der Waals surface area contributed by atoms with Gasteiger partial charge in [0.2, 0.25) is 0 Å². The lowest BCUT2D eigenvalue weighted by Gasteiger charge is -2.27. The van der Waals surface area contributed by atoms with Crippen molar-refractivity contribution in [3.05, 3.63) is 111 Å². The van der Waals surface area contributed by atoms with Crippen molar-refractivity contribution < 1.29 is 41.8 Å². The number of terminal acetylenes is 1. The van der Waals surface area contributed by atoms with Gasteiger partial charge in [-0.1, -0.05) is 63.1 Å². The Bertz CT molecular complexity index is 2140. The van der Waals surface area contributed by atoms with Crippen molar-refractivity contribution in [2.45, 2.75) is 90.6 Å². The second-order valence-corrected chi connectivity index (χ2v) is 15.9. The smallest absolute Gasteiger partial charge is 0.255 e. The fourth-order valence-electron chi connectivity index (χ4n) is 6.50. The van der Waals surface area contributed by atoms with E-state index in [0.717, 1.165) is 22.9 Å². The zero-order valence-corrected chi connectivity index (χ0v) is 35.8. The molecular formula is C46H50ClF3N2O6S. The number of nitrogens with zero attached hydrogens (tertiary/aromatic N) is 2. The van der Waals surface area contributed by atoms with Crippen LogP contribution in [0.2, 0.25) is 5.02 Å². The van der Waals surface area contributed by atoms with Crippen LogP contribution in [0.25, 0.3) is 0 Å². The summed E-state index contributed by atoms with van der Waals surface area (Å²) in [5, 5.41) is 0.855. The number of carbonyl (C=O) groups is 3. The van der Waals surface area contributed by atoms with E-state index in [4.69, 9.17) is 32.2 Å². The fourth-order valence-corrected chi connectivity index (χ4v) is 6.99. The molecule has 0 radical (unpaired) electrons. The topological polar surface area (TPSA) is 94.5 Å². The maximum Gasteiger partial charge on any atom is 0.255 e. The number of amides is 1.